The number of allylic oxidation sites excluding steroid dienone is 14. The van der Waals surface area contributed by atoms with Crippen LogP contribution in [0.2, 0.25) is 0 Å². The van der Waals surface area contributed by atoms with Gasteiger partial charge in [0.05, 0.1) is 18.8 Å². The minimum absolute atomic E-state index is 0.0347. The fourth-order valence-corrected chi connectivity index (χ4v) is 8.76. The van der Waals surface area contributed by atoms with Crippen LogP contribution in [0.15, 0.2) is 85.1 Å². The Balaban J connectivity index is 3.52. The first kappa shape index (κ1) is 64.6. The van der Waals surface area contributed by atoms with Gasteiger partial charge in [-0.1, -0.05) is 298 Å². The molecule has 2 unspecified atom stereocenters. The molecule has 3 N–H and O–H groups in total. The van der Waals surface area contributed by atoms with Gasteiger partial charge in [-0.2, -0.15) is 0 Å². The van der Waals surface area contributed by atoms with Crippen LogP contribution in [0.1, 0.15) is 290 Å². The molecule has 0 heterocycles. The minimum atomic E-state index is -0.666. The average Bonchev–Trinajstić information content (AvgIpc) is 3.33. The smallest absolute Gasteiger partial charge is 0.220 e. The Bertz CT molecular complexity index is 1190. The third-order valence-electron chi connectivity index (χ3n) is 13.2. The molecular weight excluding hydrogens is 819 g/mol. The molecule has 0 aromatic rings. The van der Waals surface area contributed by atoms with Gasteiger partial charge < -0.3 is 15.5 Å². The summed E-state index contributed by atoms with van der Waals surface area (Å²) in [5.74, 6) is -0.0347. The number of amides is 1. The molecule has 0 spiro atoms. The summed E-state index contributed by atoms with van der Waals surface area (Å²) in [7, 11) is 0. The van der Waals surface area contributed by atoms with Crippen LogP contribution >= 0.6 is 0 Å². The highest BCUT2D eigenvalue weighted by Gasteiger charge is 2.20. The quantitative estimate of drug-likeness (QED) is 0.0420. The fourth-order valence-electron chi connectivity index (χ4n) is 8.76. The highest BCUT2D eigenvalue weighted by atomic mass is 16.3. The Morgan fingerprint density at radius 3 is 0.985 bits per heavy atom. The van der Waals surface area contributed by atoms with Gasteiger partial charge in [0.25, 0.3) is 0 Å². The van der Waals surface area contributed by atoms with E-state index in [1.54, 1.807) is 0 Å². The molecule has 0 saturated carbocycles. The molecule has 0 aliphatic rings. The number of unbranched alkanes of at least 4 members (excludes halogenated alkanes) is 32. The van der Waals surface area contributed by atoms with Crippen molar-refractivity contribution in [3.8, 4) is 0 Å². The molecule has 0 saturated heterocycles. The van der Waals surface area contributed by atoms with Gasteiger partial charge in [0.2, 0.25) is 5.91 Å². The first-order valence-electron chi connectivity index (χ1n) is 29.3. The molecule has 0 aromatic carbocycles. The Hall–Kier alpha value is -2.43. The monoisotopic (exact) mass is 932 g/mol. The van der Waals surface area contributed by atoms with Crippen LogP contribution in [0.4, 0.5) is 0 Å². The van der Waals surface area contributed by atoms with Gasteiger partial charge in [-0.25, -0.2) is 0 Å². The number of aliphatic hydroxyl groups is 2. The third-order valence-corrected chi connectivity index (χ3v) is 13.2. The SMILES string of the molecule is CC/C=C\C/C=C\C/C=C\C/C=C\C/C=C\C/C=C\C/C=C\CCCCCCCCCCCCCC(=O)NC(CO)C(O)CCCCCCCCCCCCCCCCCCCCCCCC. The van der Waals surface area contributed by atoms with Gasteiger partial charge in [0.1, 0.15) is 0 Å². The fraction of sp³-hybridized carbons (Fsp3) is 0.762. The van der Waals surface area contributed by atoms with E-state index in [1.165, 1.54) is 193 Å². The summed E-state index contributed by atoms with van der Waals surface area (Å²) in [5.41, 5.74) is 0. The number of carbonyl (C=O) groups excluding carboxylic acids is 1. The molecule has 1 amide bonds. The van der Waals surface area contributed by atoms with E-state index in [2.05, 4.69) is 104 Å². The van der Waals surface area contributed by atoms with Crippen molar-refractivity contribution >= 4 is 5.91 Å². The summed E-state index contributed by atoms with van der Waals surface area (Å²) in [6.45, 7) is 4.26. The molecular formula is C63H113NO3. The standard InChI is InChI=1S/C63H113NO3/c1-3-5-7-9-11-13-15-17-19-21-23-25-27-28-29-30-31-32-33-34-35-36-37-39-41-43-45-47-49-51-53-55-57-59-63(67)64-61(60-65)62(66)58-56-54-52-50-48-46-44-42-40-38-26-24-22-20-18-16-14-12-10-8-6-4-2/h5,7,11,13,17,19,23,25,28-29,31-32,34-35,61-62,65-66H,3-4,6,8-10,12,14-16,18,20-22,24,26-27,30,33,36-60H2,1-2H3,(H,64,67)/b7-5-,13-11-,19-17-,25-23-,29-28-,32-31-,35-34-. The Kier molecular flexibility index (Phi) is 55.8. The van der Waals surface area contributed by atoms with E-state index in [-0.39, 0.29) is 12.5 Å². The largest absolute Gasteiger partial charge is 0.394 e. The summed E-state index contributed by atoms with van der Waals surface area (Å²) in [5, 5.41) is 23.4. The third kappa shape index (κ3) is 54.4. The highest BCUT2D eigenvalue weighted by molar-refractivity contribution is 5.76. The molecule has 2 atom stereocenters. The second-order valence-electron chi connectivity index (χ2n) is 19.7. The zero-order valence-corrected chi connectivity index (χ0v) is 44.7. The number of hydrogen-bond donors (Lipinski definition) is 3. The van der Waals surface area contributed by atoms with Gasteiger partial charge >= 0.3 is 0 Å². The zero-order valence-electron chi connectivity index (χ0n) is 44.7. The number of rotatable bonds is 53. The molecule has 0 rings (SSSR count). The van der Waals surface area contributed by atoms with Crippen molar-refractivity contribution < 1.29 is 15.0 Å². The van der Waals surface area contributed by atoms with E-state index in [4.69, 9.17) is 0 Å². The Morgan fingerprint density at radius 2 is 0.657 bits per heavy atom. The molecule has 0 aliphatic carbocycles. The maximum Gasteiger partial charge on any atom is 0.220 e. The minimum Gasteiger partial charge on any atom is -0.394 e. The Labute approximate surface area is 418 Å². The normalized spacial score (nSPS) is 13.4. The molecule has 4 nitrogen and oxygen atoms in total. The van der Waals surface area contributed by atoms with E-state index >= 15 is 0 Å². The van der Waals surface area contributed by atoms with Crippen LogP contribution in [0.3, 0.4) is 0 Å². The summed E-state index contributed by atoms with van der Waals surface area (Å²) in [6.07, 6.45) is 84.3. The topological polar surface area (TPSA) is 69.6 Å². The van der Waals surface area contributed by atoms with Crippen molar-refractivity contribution in [2.75, 3.05) is 6.61 Å². The van der Waals surface area contributed by atoms with Gasteiger partial charge in [-0.15, -0.1) is 0 Å². The van der Waals surface area contributed by atoms with Gasteiger partial charge in [-0.3, -0.25) is 4.79 Å². The van der Waals surface area contributed by atoms with Crippen LogP contribution < -0.4 is 5.32 Å². The maximum atomic E-state index is 12.5. The molecule has 0 aliphatic heterocycles. The van der Waals surface area contributed by atoms with Crippen LogP contribution in [0, 0.1) is 0 Å². The van der Waals surface area contributed by atoms with Crippen molar-refractivity contribution in [1.82, 2.24) is 5.32 Å². The van der Waals surface area contributed by atoms with E-state index in [9.17, 15) is 15.0 Å². The molecule has 67 heavy (non-hydrogen) atoms. The molecule has 0 radical (unpaired) electrons. The lowest BCUT2D eigenvalue weighted by Gasteiger charge is -2.22. The van der Waals surface area contributed by atoms with E-state index in [0.29, 0.717) is 12.8 Å². The maximum absolute atomic E-state index is 12.5. The van der Waals surface area contributed by atoms with Crippen molar-refractivity contribution in [1.29, 1.82) is 0 Å². The second-order valence-corrected chi connectivity index (χ2v) is 19.7. The average molecular weight is 933 g/mol. The van der Waals surface area contributed by atoms with Crippen molar-refractivity contribution in [3.05, 3.63) is 85.1 Å². The van der Waals surface area contributed by atoms with E-state index in [1.807, 2.05) is 0 Å². The zero-order chi connectivity index (χ0) is 48.5. The molecule has 4 heteroatoms. The van der Waals surface area contributed by atoms with Crippen molar-refractivity contribution in [2.45, 2.75) is 302 Å². The van der Waals surface area contributed by atoms with E-state index in [0.717, 1.165) is 70.6 Å². The first-order valence-corrected chi connectivity index (χ1v) is 29.3. The highest BCUT2D eigenvalue weighted by Crippen LogP contribution is 2.17. The van der Waals surface area contributed by atoms with Crippen LogP contribution in [-0.4, -0.2) is 34.9 Å². The first-order chi connectivity index (χ1) is 33.2. The predicted molar refractivity (Wildman–Crippen MR) is 299 cm³/mol. The Morgan fingerprint density at radius 1 is 0.373 bits per heavy atom. The van der Waals surface area contributed by atoms with Crippen LogP contribution in [0.25, 0.3) is 0 Å². The molecule has 0 aromatic heterocycles. The lowest BCUT2D eigenvalue weighted by molar-refractivity contribution is -0.123. The van der Waals surface area contributed by atoms with Gasteiger partial charge in [-0.05, 0) is 70.6 Å². The molecule has 0 fully saturated rings. The number of hydrogen-bond acceptors (Lipinski definition) is 3. The summed E-state index contributed by atoms with van der Waals surface area (Å²) < 4.78 is 0. The van der Waals surface area contributed by atoms with Crippen molar-refractivity contribution in [2.24, 2.45) is 0 Å². The summed E-state index contributed by atoms with van der Waals surface area (Å²) >= 11 is 0. The second kappa shape index (κ2) is 57.9. The summed E-state index contributed by atoms with van der Waals surface area (Å²) in [6, 6.07) is -0.544. The van der Waals surface area contributed by atoms with Gasteiger partial charge in [0.15, 0.2) is 0 Å². The number of carbonyl (C=O) groups is 1. The molecule has 0 bridgehead atoms. The lowest BCUT2D eigenvalue weighted by atomic mass is 10.0. The summed E-state index contributed by atoms with van der Waals surface area (Å²) in [4.78, 5) is 12.5. The lowest BCUT2D eigenvalue weighted by Crippen LogP contribution is -2.45. The van der Waals surface area contributed by atoms with E-state index < -0.39 is 12.1 Å². The number of aliphatic hydroxyl groups excluding tert-OH is 2. The van der Waals surface area contributed by atoms with Crippen molar-refractivity contribution in [3.63, 3.8) is 0 Å². The number of nitrogens with one attached hydrogen (secondary N) is 1. The van der Waals surface area contributed by atoms with Gasteiger partial charge in [0, 0.05) is 6.42 Å². The van der Waals surface area contributed by atoms with Crippen LogP contribution in [0.5, 0.6) is 0 Å². The van der Waals surface area contributed by atoms with Crippen LogP contribution in [-0.2, 0) is 4.79 Å². The predicted octanol–water partition coefficient (Wildman–Crippen LogP) is 19.5. The molecule has 388 valence electrons.